The van der Waals surface area contributed by atoms with Crippen molar-refractivity contribution in [2.24, 2.45) is 0 Å². The molecule has 0 aliphatic carbocycles. The van der Waals surface area contributed by atoms with Gasteiger partial charge in [-0.1, -0.05) is 0 Å². The summed E-state index contributed by atoms with van der Waals surface area (Å²) in [6.45, 7) is 0.464. The van der Waals surface area contributed by atoms with Gasteiger partial charge in [-0.15, -0.1) is 0 Å². The Bertz CT molecular complexity index is 532. The fourth-order valence-corrected chi connectivity index (χ4v) is 1.26. The number of ether oxygens (including phenoxy) is 1. The van der Waals surface area contributed by atoms with Crippen molar-refractivity contribution in [2.45, 2.75) is 6.54 Å². The topological polar surface area (TPSA) is 89.9 Å². The smallest absolute Gasteiger partial charge is 0.376 e. The summed E-state index contributed by atoms with van der Waals surface area (Å²) in [6, 6.07) is 5.29. The Morgan fingerprint density at radius 1 is 1.39 bits per heavy atom. The van der Waals surface area contributed by atoms with Crippen LogP contribution in [0.5, 0.6) is 0 Å². The van der Waals surface area contributed by atoms with Crippen LogP contribution in [0.4, 0.5) is 5.82 Å². The minimum Gasteiger partial charge on any atom is -0.463 e. The standard InChI is InChI=1S/C11H11N5O2/c1-18-11(17)10-12-6-4-9(15-10)13-7-8-3-2-5-14-16-8/h2-6H,7H2,1H3,(H,12,13,15). The Labute approximate surface area is 103 Å². The van der Waals surface area contributed by atoms with Gasteiger partial charge in [0, 0.05) is 12.4 Å². The molecule has 0 radical (unpaired) electrons. The predicted octanol–water partition coefficient (Wildman–Crippen LogP) is 0.665. The molecule has 0 aliphatic rings. The van der Waals surface area contributed by atoms with Crippen LogP contribution in [0.1, 0.15) is 16.3 Å². The summed E-state index contributed by atoms with van der Waals surface area (Å²) < 4.78 is 4.54. The Kier molecular flexibility index (Phi) is 3.75. The number of aromatic nitrogens is 4. The van der Waals surface area contributed by atoms with E-state index in [2.05, 4.69) is 30.2 Å². The first-order valence-corrected chi connectivity index (χ1v) is 5.21. The first-order chi connectivity index (χ1) is 8.79. The Hall–Kier alpha value is -2.57. The second kappa shape index (κ2) is 5.67. The van der Waals surface area contributed by atoms with Crippen molar-refractivity contribution in [3.63, 3.8) is 0 Å². The minimum atomic E-state index is -0.571. The lowest BCUT2D eigenvalue weighted by Gasteiger charge is -2.05. The quantitative estimate of drug-likeness (QED) is 0.791. The van der Waals surface area contributed by atoms with Crippen LogP contribution in [0.3, 0.4) is 0 Å². The van der Waals surface area contributed by atoms with E-state index in [1.54, 1.807) is 18.3 Å². The maximum absolute atomic E-state index is 11.2. The SMILES string of the molecule is COC(=O)c1nccc(NCc2cccnn2)n1. The lowest BCUT2D eigenvalue weighted by molar-refractivity contribution is 0.0587. The average molecular weight is 245 g/mol. The third-order valence-electron chi connectivity index (χ3n) is 2.10. The second-order valence-electron chi connectivity index (χ2n) is 3.33. The average Bonchev–Trinajstić information content (AvgIpc) is 2.45. The number of rotatable bonds is 4. The number of anilines is 1. The van der Waals surface area contributed by atoms with Crippen LogP contribution in [-0.2, 0) is 11.3 Å². The van der Waals surface area contributed by atoms with Gasteiger partial charge in [-0.3, -0.25) is 0 Å². The number of nitrogens with zero attached hydrogens (tertiary/aromatic N) is 4. The largest absolute Gasteiger partial charge is 0.463 e. The molecule has 2 heterocycles. The highest BCUT2D eigenvalue weighted by Gasteiger charge is 2.09. The minimum absolute atomic E-state index is 0.0154. The number of nitrogens with one attached hydrogen (secondary N) is 1. The molecule has 0 unspecified atom stereocenters. The number of methoxy groups -OCH3 is 1. The zero-order chi connectivity index (χ0) is 12.8. The van der Waals surface area contributed by atoms with Crippen molar-refractivity contribution >= 4 is 11.8 Å². The van der Waals surface area contributed by atoms with Gasteiger partial charge in [0.2, 0.25) is 5.82 Å². The van der Waals surface area contributed by atoms with Crippen LogP contribution in [0, 0.1) is 0 Å². The van der Waals surface area contributed by atoms with E-state index in [-0.39, 0.29) is 5.82 Å². The summed E-state index contributed by atoms with van der Waals surface area (Å²) in [7, 11) is 1.28. The Balaban J connectivity index is 2.04. The summed E-state index contributed by atoms with van der Waals surface area (Å²) >= 11 is 0. The monoisotopic (exact) mass is 245 g/mol. The number of esters is 1. The van der Waals surface area contributed by atoms with Gasteiger partial charge in [-0.2, -0.15) is 10.2 Å². The van der Waals surface area contributed by atoms with Gasteiger partial charge >= 0.3 is 5.97 Å². The summed E-state index contributed by atoms with van der Waals surface area (Å²) in [5, 5.41) is 10.7. The molecule has 2 aromatic heterocycles. The predicted molar refractivity (Wildman–Crippen MR) is 62.7 cm³/mol. The van der Waals surface area contributed by atoms with Gasteiger partial charge in [0.15, 0.2) is 0 Å². The number of carbonyl (C=O) groups excluding carboxylic acids is 1. The Morgan fingerprint density at radius 2 is 2.28 bits per heavy atom. The first-order valence-electron chi connectivity index (χ1n) is 5.21. The van der Waals surface area contributed by atoms with E-state index in [0.717, 1.165) is 5.69 Å². The molecule has 0 aromatic carbocycles. The fraction of sp³-hybridized carbons (Fsp3) is 0.182. The molecule has 0 atom stereocenters. The molecular weight excluding hydrogens is 234 g/mol. The second-order valence-corrected chi connectivity index (χ2v) is 3.33. The molecule has 2 rings (SSSR count). The highest BCUT2D eigenvalue weighted by atomic mass is 16.5. The first kappa shape index (κ1) is 11.9. The molecule has 0 amide bonds. The Morgan fingerprint density at radius 3 is 3.00 bits per heavy atom. The molecule has 1 N–H and O–H groups in total. The summed E-state index contributed by atoms with van der Waals surface area (Å²) in [4.78, 5) is 19.1. The summed E-state index contributed by atoms with van der Waals surface area (Å²) in [6.07, 6.45) is 3.09. The molecule has 7 nitrogen and oxygen atoms in total. The molecular formula is C11H11N5O2. The van der Waals surface area contributed by atoms with E-state index >= 15 is 0 Å². The van der Waals surface area contributed by atoms with Gasteiger partial charge in [0.05, 0.1) is 19.3 Å². The molecule has 0 saturated heterocycles. The molecule has 0 bridgehead atoms. The number of hydrogen-bond donors (Lipinski definition) is 1. The third-order valence-corrected chi connectivity index (χ3v) is 2.10. The zero-order valence-electron chi connectivity index (χ0n) is 9.70. The lowest BCUT2D eigenvalue weighted by Crippen LogP contribution is -2.10. The number of hydrogen-bond acceptors (Lipinski definition) is 7. The third kappa shape index (κ3) is 2.97. The molecule has 18 heavy (non-hydrogen) atoms. The normalized spacial score (nSPS) is 9.83. The molecule has 2 aromatic rings. The maximum atomic E-state index is 11.2. The summed E-state index contributed by atoms with van der Waals surface area (Å²) in [5.41, 5.74) is 0.774. The van der Waals surface area contributed by atoms with Crippen molar-refractivity contribution < 1.29 is 9.53 Å². The number of carbonyl (C=O) groups is 1. The van der Waals surface area contributed by atoms with Crippen LogP contribution in [-0.4, -0.2) is 33.2 Å². The van der Waals surface area contributed by atoms with E-state index in [1.807, 2.05) is 6.07 Å². The van der Waals surface area contributed by atoms with Crippen molar-refractivity contribution in [3.8, 4) is 0 Å². The molecule has 0 fully saturated rings. The lowest BCUT2D eigenvalue weighted by atomic mass is 10.4. The van der Waals surface area contributed by atoms with Crippen LogP contribution in [0.15, 0.2) is 30.6 Å². The maximum Gasteiger partial charge on any atom is 0.376 e. The fourth-order valence-electron chi connectivity index (χ4n) is 1.26. The molecule has 7 heteroatoms. The molecule has 92 valence electrons. The van der Waals surface area contributed by atoms with E-state index in [1.165, 1.54) is 13.3 Å². The van der Waals surface area contributed by atoms with Crippen LogP contribution >= 0.6 is 0 Å². The van der Waals surface area contributed by atoms with E-state index in [4.69, 9.17) is 0 Å². The molecule has 0 spiro atoms. The van der Waals surface area contributed by atoms with Crippen molar-refractivity contribution in [1.82, 2.24) is 20.2 Å². The highest BCUT2D eigenvalue weighted by Crippen LogP contribution is 2.04. The van der Waals surface area contributed by atoms with Crippen LogP contribution in [0.2, 0.25) is 0 Å². The molecule has 0 saturated carbocycles. The van der Waals surface area contributed by atoms with Gasteiger partial charge in [0.1, 0.15) is 5.82 Å². The van der Waals surface area contributed by atoms with Crippen LogP contribution < -0.4 is 5.32 Å². The molecule has 0 aliphatic heterocycles. The highest BCUT2D eigenvalue weighted by molar-refractivity contribution is 5.85. The zero-order valence-corrected chi connectivity index (χ0v) is 9.70. The summed E-state index contributed by atoms with van der Waals surface area (Å²) in [5.74, 6) is -0.0316. The van der Waals surface area contributed by atoms with Gasteiger partial charge in [-0.05, 0) is 18.2 Å². The van der Waals surface area contributed by atoms with E-state index in [9.17, 15) is 4.79 Å². The van der Waals surface area contributed by atoms with E-state index < -0.39 is 5.97 Å². The van der Waals surface area contributed by atoms with Crippen molar-refractivity contribution in [3.05, 3.63) is 42.1 Å². The van der Waals surface area contributed by atoms with Gasteiger partial charge < -0.3 is 10.1 Å². The van der Waals surface area contributed by atoms with E-state index in [0.29, 0.717) is 12.4 Å². The van der Waals surface area contributed by atoms with Gasteiger partial charge in [0.25, 0.3) is 0 Å². The van der Waals surface area contributed by atoms with Crippen molar-refractivity contribution in [1.29, 1.82) is 0 Å². The van der Waals surface area contributed by atoms with Gasteiger partial charge in [-0.25, -0.2) is 14.8 Å². The van der Waals surface area contributed by atoms with Crippen LogP contribution in [0.25, 0.3) is 0 Å². The van der Waals surface area contributed by atoms with Crippen molar-refractivity contribution in [2.75, 3.05) is 12.4 Å².